The van der Waals surface area contributed by atoms with Crippen LogP contribution in [0.3, 0.4) is 0 Å². The van der Waals surface area contributed by atoms with Gasteiger partial charge in [-0.25, -0.2) is 13.2 Å². The molecule has 2 rings (SSSR count). The molecule has 1 aliphatic heterocycles. The van der Waals surface area contributed by atoms with Crippen molar-refractivity contribution >= 4 is 16.1 Å². The number of nitrogens with one attached hydrogen (secondary N) is 1. The number of nitrogens with zero attached hydrogens (tertiary/aromatic N) is 3. The number of carbonyl (C=O) groups excluding carboxylic acids is 1. The zero-order valence-electron chi connectivity index (χ0n) is 15.8. The smallest absolute Gasteiger partial charge is 0.410 e. The number of aromatic amines is 1. The molecule has 8 nitrogen and oxygen atoms in total. The molecule has 25 heavy (non-hydrogen) atoms. The topological polar surface area (TPSA) is 95.6 Å². The Labute approximate surface area is 149 Å². The highest BCUT2D eigenvalue weighted by Gasteiger charge is 2.36. The Hall–Kier alpha value is -1.61. The monoisotopic (exact) mass is 372 g/mol. The van der Waals surface area contributed by atoms with Gasteiger partial charge in [-0.3, -0.25) is 5.10 Å². The molecule has 9 heteroatoms. The summed E-state index contributed by atoms with van der Waals surface area (Å²) in [6, 6.07) is 0. The number of sulfonamides is 1. The van der Waals surface area contributed by atoms with Crippen molar-refractivity contribution in [1.29, 1.82) is 0 Å². The molecule has 1 aliphatic rings. The third-order valence-electron chi connectivity index (χ3n) is 4.14. The predicted molar refractivity (Wildman–Crippen MR) is 93.8 cm³/mol. The zero-order valence-corrected chi connectivity index (χ0v) is 16.6. The zero-order chi connectivity index (χ0) is 19.0. The molecule has 1 unspecified atom stereocenters. The van der Waals surface area contributed by atoms with Crippen LogP contribution in [-0.4, -0.2) is 66.2 Å². The lowest BCUT2D eigenvalue weighted by atomic mass is 10.1. The van der Waals surface area contributed by atoms with Crippen molar-refractivity contribution in [1.82, 2.24) is 19.4 Å². The second-order valence-corrected chi connectivity index (χ2v) is 9.52. The molecule has 1 saturated heterocycles. The summed E-state index contributed by atoms with van der Waals surface area (Å²) in [4.78, 5) is 13.8. The first-order valence-electron chi connectivity index (χ1n) is 8.37. The molecule has 0 aliphatic carbocycles. The molecular weight excluding hydrogens is 344 g/mol. The molecule has 2 heterocycles. The standard InChI is InChI=1S/C16H28N4O4S/c1-11-14(12(2)18-17-11)25(22,23)20-8-7-13(10-20)9-19(6)15(21)24-16(3,4)5/h13H,7-10H2,1-6H3,(H,17,18). The number of hydrogen-bond donors (Lipinski definition) is 1. The molecule has 0 aromatic carbocycles. The summed E-state index contributed by atoms with van der Waals surface area (Å²) in [6.45, 7) is 10.1. The Morgan fingerprint density at radius 1 is 1.40 bits per heavy atom. The quantitative estimate of drug-likeness (QED) is 0.871. The fraction of sp³-hybridized carbons (Fsp3) is 0.750. The SMILES string of the molecule is Cc1n[nH]c(C)c1S(=O)(=O)N1CCC(CN(C)C(=O)OC(C)(C)C)C1. The molecule has 1 atom stereocenters. The van der Waals surface area contributed by atoms with Crippen molar-refractivity contribution in [3.05, 3.63) is 11.4 Å². The van der Waals surface area contributed by atoms with Crippen molar-refractivity contribution in [2.75, 3.05) is 26.7 Å². The molecule has 0 radical (unpaired) electrons. The van der Waals surface area contributed by atoms with Crippen LogP contribution < -0.4 is 0 Å². The van der Waals surface area contributed by atoms with E-state index in [0.29, 0.717) is 37.4 Å². The molecule has 0 spiro atoms. The number of ether oxygens (including phenoxy) is 1. The van der Waals surface area contributed by atoms with E-state index in [1.807, 2.05) is 20.8 Å². The summed E-state index contributed by atoms with van der Waals surface area (Å²) >= 11 is 0. The van der Waals surface area contributed by atoms with Gasteiger partial charge in [-0.15, -0.1) is 0 Å². The minimum absolute atomic E-state index is 0.0832. The van der Waals surface area contributed by atoms with Crippen LogP contribution in [0.25, 0.3) is 0 Å². The maximum atomic E-state index is 12.9. The van der Waals surface area contributed by atoms with Crippen molar-refractivity contribution in [3.63, 3.8) is 0 Å². The van der Waals surface area contributed by atoms with Crippen LogP contribution >= 0.6 is 0 Å². The van der Waals surface area contributed by atoms with Crippen LogP contribution in [0.15, 0.2) is 4.90 Å². The average molecular weight is 372 g/mol. The Morgan fingerprint density at radius 2 is 2.04 bits per heavy atom. The Bertz CT molecular complexity index is 716. The third-order valence-corrected chi connectivity index (χ3v) is 6.27. The highest BCUT2D eigenvalue weighted by molar-refractivity contribution is 7.89. The average Bonchev–Trinajstić information content (AvgIpc) is 3.04. The molecule has 1 aromatic heterocycles. The normalized spacial score (nSPS) is 19.2. The highest BCUT2D eigenvalue weighted by Crippen LogP contribution is 2.27. The van der Waals surface area contributed by atoms with E-state index in [-0.39, 0.29) is 10.8 Å². The van der Waals surface area contributed by atoms with Crippen LogP contribution in [0.4, 0.5) is 4.79 Å². The van der Waals surface area contributed by atoms with E-state index in [9.17, 15) is 13.2 Å². The third kappa shape index (κ3) is 4.52. The van der Waals surface area contributed by atoms with Gasteiger partial charge in [0.1, 0.15) is 10.5 Å². The van der Waals surface area contributed by atoms with Crippen LogP contribution in [0, 0.1) is 19.8 Å². The number of hydrogen-bond acceptors (Lipinski definition) is 5. The van der Waals surface area contributed by atoms with Gasteiger partial charge in [0.2, 0.25) is 10.0 Å². The first kappa shape index (κ1) is 19.7. The highest BCUT2D eigenvalue weighted by atomic mass is 32.2. The first-order valence-corrected chi connectivity index (χ1v) is 9.81. The van der Waals surface area contributed by atoms with Gasteiger partial charge in [-0.1, -0.05) is 0 Å². The van der Waals surface area contributed by atoms with Crippen molar-refractivity contribution < 1.29 is 17.9 Å². The maximum absolute atomic E-state index is 12.9. The molecule has 0 bridgehead atoms. The van der Waals surface area contributed by atoms with Gasteiger partial charge in [0, 0.05) is 26.7 Å². The Morgan fingerprint density at radius 3 is 2.56 bits per heavy atom. The van der Waals surface area contributed by atoms with E-state index < -0.39 is 21.7 Å². The van der Waals surface area contributed by atoms with E-state index in [4.69, 9.17) is 4.74 Å². The molecule has 1 fully saturated rings. The number of aromatic nitrogens is 2. The summed E-state index contributed by atoms with van der Waals surface area (Å²) in [6.07, 6.45) is 0.317. The molecule has 1 N–H and O–H groups in total. The van der Waals surface area contributed by atoms with Crippen LogP contribution in [-0.2, 0) is 14.8 Å². The predicted octanol–water partition coefficient (Wildman–Crippen LogP) is 1.90. The number of amides is 1. The molecule has 1 aromatic rings. The van der Waals surface area contributed by atoms with E-state index in [2.05, 4.69) is 10.2 Å². The molecule has 142 valence electrons. The first-order chi connectivity index (χ1) is 11.4. The minimum Gasteiger partial charge on any atom is -0.444 e. The van der Waals surface area contributed by atoms with Crippen LogP contribution in [0.1, 0.15) is 38.6 Å². The summed E-state index contributed by atoms with van der Waals surface area (Å²) in [7, 11) is -1.89. The van der Waals surface area contributed by atoms with Gasteiger partial charge in [0.25, 0.3) is 0 Å². The molecular formula is C16H28N4O4S. The Balaban J connectivity index is 2.01. The fourth-order valence-electron chi connectivity index (χ4n) is 3.02. The van der Waals surface area contributed by atoms with Gasteiger partial charge in [-0.2, -0.15) is 9.40 Å². The maximum Gasteiger partial charge on any atom is 0.410 e. The van der Waals surface area contributed by atoms with E-state index in [1.54, 1.807) is 20.9 Å². The second kappa shape index (κ2) is 6.95. The van der Waals surface area contributed by atoms with Gasteiger partial charge >= 0.3 is 6.09 Å². The van der Waals surface area contributed by atoms with Crippen molar-refractivity contribution in [3.8, 4) is 0 Å². The molecule has 0 saturated carbocycles. The lowest BCUT2D eigenvalue weighted by Gasteiger charge is -2.26. The number of H-pyrrole nitrogens is 1. The van der Waals surface area contributed by atoms with Gasteiger partial charge in [0.15, 0.2) is 0 Å². The van der Waals surface area contributed by atoms with Crippen molar-refractivity contribution in [2.24, 2.45) is 5.92 Å². The molecule has 1 amide bonds. The van der Waals surface area contributed by atoms with Gasteiger partial charge < -0.3 is 9.64 Å². The van der Waals surface area contributed by atoms with E-state index in [1.165, 1.54) is 9.21 Å². The summed E-state index contributed by atoms with van der Waals surface area (Å²) in [5, 5.41) is 6.70. The largest absolute Gasteiger partial charge is 0.444 e. The van der Waals surface area contributed by atoms with Crippen LogP contribution in [0.2, 0.25) is 0 Å². The second-order valence-electron chi connectivity index (χ2n) is 7.64. The number of rotatable bonds is 4. The minimum atomic E-state index is -3.57. The summed E-state index contributed by atoms with van der Waals surface area (Å²) in [5.74, 6) is 0.0832. The lowest BCUT2D eigenvalue weighted by molar-refractivity contribution is 0.0276. The number of carbonyl (C=O) groups is 1. The van der Waals surface area contributed by atoms with Crippen molar-refractivity contribution in [2.45, 2.75) is 51.5 Å². The van der Waals surface area contributed by atoms with Gasteiger partial charge in [0.05, 0.1) is 11.4 Å². The Kier molecular flexibility index (Phi) is 5.48. The van der Waals surface area contributed by atoms with E-state index >= 15 is 0 Å². The summed E-state index contributed by atoms with van der Waals surface area (Å²) in [5.41, 5.74) is 0.478. The number of aryl methyl sites for hydroxylation is 2. The van der Waals surface area contributed by atoms with Crippen LogP contribution in [0.5, 0.6) is 0 Å². The fourth-order valence-corrected chi connectivity index (χ4v) is 4.88. The van der Waals surface area contributed by atoms with E-state index in [0.717, 1.165) is 0 Å². The summed E-state index contributed by atoms with van der Waals surface area (Å²) < 4.78 is 32.5. The van der Waals surface area contributed by atoms with Gasteiger partial charge in [-0.05, 0) is 47.0 Å². The lowest BCUT2D eigenvalue weighted by Crippen LogP contribution is -2.38.